The SMILES string of the molecule is Cn1nccc1COc1ccccc1N=C(N)CCl. The van der Waals surface area contributed by atoms with E-state index in [4.69, 9.17) is 22.1 Å². The molecule has 2 rings (SSSR count). The first-order valence-electron chi connectivity index (χ1n) is 5.78. The molecule has 0 atom stereocenters. The molecule has 2 N–H and O–H groups in total. The van der Waals surface area contributed by atoms with Crippen molar-refractivity contribution in [1.82, 2.24) is 9.78 Å². The van der Waals surface area contributed by atoms with E-state index in [0.29, 0.717) is 23.9 Å². The lowest BCUT2D eigenvalue weighted by atomic mass is 10.3. The first-order valence-corrected chi connectivity index (χ1v) is 6.32. The van der Waals surface area contributed by atoms with Crippen LogP contribution in [0, 0.1) is 0 Å². The molecule has 1 heterocycles. The Bertz CT molecular complexity index is 580. The largest absolute Gasteiger partial charge is 0.485 e. The van der Waals surface area contributed by atoms with E-state index in [2.05, 4.69) is 10.1 Å². The summed E-state index contributed by atoms with van der Waals surface area (Å²) in [5.41, 5.74) is 7.28. The van der Waals surface area contributed by atoms with Crippen LogP contribution in [0.2, 0.25) is 0 Å². The number of hydrogen-bond donors (Lipinski definition) is 1. The molecule has 0 fully saturated rings. The van der Waals surface area contributed by atoms with Crippen molar-refractivity contribution < 1.29 is 4.74 Å². The maximum atomic E-state index is 5.74. The third-order valence-electron chi connectivity index (χ3n) is 2.56. The van der Waals surface area contributed by atoms with E-state index in [1.54, 1.807) is 10.9 Å². The molecule has 0 aliphatic heterocycles. The van der Waals surface area contributed by atoms with Crippen LogP contribution in [-0.2, 0) is 13.7 Å². The number of hydrogen-bond acceptors (Lipinski definition) is 3. The summed E-state index contributed by atoms with van der Waals surface area (Å²) >= 11 is 5.63. The maximum Gasteiger partial charge on any atom is 0.145 e. The zero-order valence-corrected chi connectivity index (χ0v) is 11.3. The van der Waals surface area contributed by atoms with Gasteiger partial charge in [0.25, 0.3) is 0 Å². The van der Waals surface area contributed by atoms with Gasteiger partial charge < -0.3 is 10.5 Å². The number of halogens is 1. The zero-order valence-electron chi connectivity index (χ0n) is 10.6. The highest BCUT2D eigenvalue weighted by Gasteiger charge is 2.05. The van der Waals surface area contributed by atoms with Crippen LogP contribution in [0.25, 0.3) is 0 Å². The van der Waals surface area contributed by atoms with Gasteiger partial charge in [-0.1, -0.05) is 12.1 Å². The fourth-order valence-electron chi connectivity index (χ4n) is 1.55. The first kappa shape index (κ1) is 13.4. The smallest absolute Gasteiger partial charge is 0.145 e. The number of aliphatic imine (C=N–C) groups is 1. The maximum absolute atomic E-state index is 5.74. The van der Waals surface area contributed by atoms with E-state index >= 15 is 0 Å². The molecule has 1 aromatic carbocycles. The molecule has 5 nitrogen and oxygen atoms in total. The standard InChI is InChI=1S/C13H15ClN4O/c1-18-10(6-7-16-18)9-19-12-5-3-2-4-11(12)17-13(15)8-14/h2-7H,8-9H2,1H3,(H2,15,17). The van der Waals surface area contributed by atoms with Gasteiger partial charge in [-0.3, -0.25) is 4.68 Å². The molecule has 0 radical (unpaired) electrons. The highest BCUT2D eigenvalue weighted by atomic mass is 35.5. The molecular weight excluding hydrogens is 264 g/mol. The Balaban J connectivity index is 2.14. The molecule has 0 amide bonds. The van der Waals surface area contributed by atoms with Crippen molar-refractivity contribution in [1.29, 1.82) is 0 Å². The van der Waals surface area contributed by atoms with Gasteiger partial charge in [0.1, 0.15) is 23.9 Å². The Hall–Kier alpha value is -2.01. The highest BCUT2D eigenvalue weighted by molar-refractivity contribution is 6.28. The lowest BCUT2D eigenvalue weighted by Gasteiger charge is -2.09. The molecule has 2 aromatic rings. The van der Waals surface area contributed by atoms with Gasteiger partial charge in [-0.05, 0) is 18.2 Å². The van der Waals surface area contributed by atoms with Gasteiger partial charge in [0.2, 0.25) is 0 Å². The second-order valence-electron chi connectivity index (χ2n) is 3.94. The van der Waals surface area contributed by atoms with E-state index in [1.165, 1.54) is 0 Å². The lowest BCUT2D eigenvalue weighted by molar-refractivity contribution is 0.296. The molecule has 0 saturated carbocycles. The fourth-order valence-corrected chi connectivity index (χ4v) is 1.61. The van der Waals surface area contributed by atoms with Crippen molar-refractivity contribution in [3.05, 3.63) is 42.2 Å². The Labute approximate surface area is 116 Å². The third kappa shape index (κ3) is 3.48. The van der Waals surface area contributed by atoms with Crippen molar-refractivity contribution in [3.63, 3.8) is 0 Å². The average molecular weight is 279 g/mol. The molecule has 0 unspecified atom stereocenters. The van der Waals surface area contributed by atoms with Gasteiger partial charge in [0.05, 0.1) is 11.6 Å². The minimum Gasteiger partial charge on any atom is -0.485 e. The Kier molecular flexibility index (Phi) is 4.41. The predicted octanol–water partition coefficient (Wildman–Crippen LogP) is 2.23. The van der Waals surface area contributed by atoms with Gasteiger partial charge >= 0.3 is 0 Å². The summed E-state index contributed by atoms with van der Waals surface area (Å²) in [7, 11) is 1.87. The number of aryl methyl sites for hydroxylation is 1. The molecule has 100 valence electrons. The van der Waals surface area contributed by atoms with Crippen LogP contribution in [0.4, 0.5) is 5.69 Å². The number of alkyl halides is 1. The summed E-state index contributed by atoms with van der Waals surface area (Å²) in [4.78, 5) is 4.21. The molecule has 1 aromatic heterocycles. The van der Waals surface area contributed by atoms with Crippen molar-refractivity contribution >= 4 is 23.1 Å². The number of nitrogens with two attached hydrogens (primary N) is 1. The summed E-state index contributed by atoms with van der Waals surface area (Å²) in [6.45, 7) is 0.420. The van der Waals surface area contributed by atoms with Crippen LogP contribution in [-0.4, -0.2) is 21.5 Å². The minimum absolute atomic E-state index is 0.191. The van der Waals surface area contributed by atoms with Gasteiger partial charge in [-0.15, -0.1) is 11.6 Å². The molecule has 0 aliphatic rings. The molecule has 0 saturated heterocycles. The fraction of sp³-hybridized carbons (Fsp3) is 0.231. The number of amidine groups is 1. The molecule has 0 bridgehead atoms. The van der Waals surface area contributed by atoms with Gasteiger partial charge in [0.15, 0.2) is 0 Å². The lowest BCUT2D eigenvalue weighted by Crippen LogP contribution is -2.12. The van der Waals surface area contributed by atoms with Crippen LogP contribution >= 0.6 is 11.6 Å². The normalized spacial score (nSPS) is 11.6. The first-order chi connectivity index (χ1) is 9.20. The number of rotatable bonds is 5. The average Bonchev–Trinajstić information content (AvgIpc) is 2.83. The monoisotopic (exact) mass is 278 g/mol. The highest BCUT2D eigenvalue weighted by Crippen LogP contribution is 2.27. The summed E-state index contributed by atoms with van der Waals surface area (Å²) < 4.78 is 7.50. The Morgan fingerprint density at radius 1 is 1.42 bits per heavy atom. The van der Waals surface area contributed by atoms with E-state index in [0.717, 1.165) is 5.69 Å². The number of nitrogens with zero attached hydrogens (tertiary/aromatic N) is 3. The second kappa shape index (κ2) is 6.24. The molecule has 0 aliphatic carbocycles. The predicted molar refractivity (Wildman–Crippen MR) is 76.0 cm³/mol. The van der Waals surface area contributed by atoms with E-state index < -0.39 is 0 Å². The number of aromatic nitrogens is 2. The minimum atomic E-state index is 0.191. The second-order valence-corrected chi connectivity index (χ2v) is 4.21. The molecule has 19 heavy (non-hydrogen) atoms. The zero-order chi connectivity index (χ0) is 13.7. The van der Waals surface area contributed by atoms with Crippen molar-refractivity contribution in [2.45, 2.75) is 6.61 Å². The Morgan fingerprint density at radius 3 is 2.89 bits per heavy atom. The summed E-state index contributed by atoms with van der Waals surface area (Å²) in [5, 5.41) is 4.08. The third-order valence-corrected chi connectivity index (χ3v) is 2.84. The van der Waals surface area contributed by atoms with E-state index in [1.807, 2.05) is 37.4 Å². The van der Waals surface area contributed by atoms with Crippen molar-refractivity contribution in [3.8, 4) is 5.75 Å². The van der Waals surface area contributed by atoms with Crippen molar-refractivity contribution in [2.24, 2.45) is 17.8 Å². The number of benzene rings is 1. The number of ether oxygens (including phenoxy) is 1. The molecule has 0 spiro atoms. The van der Waals surface area contributed by atoms with Crippen LogP contribution in [0.1, 0.15) is 5.69 Å². The summed E-state index contributed by atoms with van der Waals surface area (Å²) in [6, 6.07) is 9.33. The summed E-state index contributed by atoms with van der Waals surface area (Å²) in [6.07, 6.45) is 1.73. The van der Waals surface area contributed by atoms with Crippen LogP contribution in [0.3, 0.4) is 0 Å². The van der Waals surface area contributed by atoms with Crippen LogP contribution in [0.5, 0.6) is 5.75 Å². The van der Waals surface area contributed by atoms with Gasteiger partial charge in [-0.25, -0.2) is 4.99 Å². The molecular formula is C13H15ClN4O. The van der Waals surface area contributed by atoms with Crippen molar-refractivity contribution in [2.75, 3.05) is 5.88 Å². The summed E-state index contributed by atoms with van der Waals surface area (Å²) in [5.74, 6) is 1.21. The van der Waals surface area contributed by atoms with E-state index in [-0.39, 0.29) is 5.88 Å². The van der Waals surface area contributed by atoms with E-state index in [9.17, 15) is 0 Å². The van der Waals surface area contributed by atoms with Gasteiger partial charge in [-0.2, -0.15) is 5.10 Å². The van der Waals surface area contributed by atoms with Gasteiger partial charge in [0, 0.05) is 13.2 Å². The topological polar surface area (TPSA) is 65.4 Å². The Morgan fingerprint density at radius 2 is 2.21 bits per heavy atom. The number of para-hydroxylation sites is 2. The molecule has 6 heteroatoms. The quantitative estimate of drug-likeness (QED) is 0.518. The van der Waals surface area contributed by atoms with Crippen LogP contribution in [0.15, 0.2) is 41.5 Å². The van der Waals surface area contributed by atoms with Crippen LogP contribution < -0.4 is 10.5 Å².